The molecule has 0 radical (unpaired) electrons. The first-order chi connectivity index (χ1) is 7.17. The van der Waals surface area contributed by atoms with Gasteiger partial charge in [0.1, 0.15) is 0 Å². The number of aromatic nitrogens is 1. The molecule has 0 spiro atoms. The smallest absolute Gasteiger partial charge is 0.0504 e. The molecular weight excluding hydrogens is 184 g/mol. The summed E-state index contributed by atoms with van der Waals surface area (Å²) in [5.74, 6) is 0. The molecule has 1 N–H and O–H groups in total. The van der Waals surface area contributed by atoms with E-state index in [0.29, 0.717) is 0 Å². The SMILES string of the molecule is C=CC(NCCC)c1cc(C)nc(C)c1. The minimum absolute atomic E-state index is 0.241. The van der Waals surface area contributed by atoms with E-state index in [-0.39, 0.29) is 6.04 Å². The van der Waals surface area contributed by atoms with Gasteiger partial charge in [-0.15, -0.1) is 6.58 Å². The predicted octanol–water partition coefficient (Wildman–Crippen LogP) is 2.93. The highest BCUT2D eigenvalue weighted by molar-refractivity contribution is 5.26. The highest BCUT2D eigenvalue weighted by Crippen LogP contribution is 2.15. The fourth-order valence-electron chi connectivity index (χ4n) is 1.68. The number of nitrogens with one attached hydrogen (secondary N) is 1. The fraction of sp³-hybridized carbons (Fsp3) is 0.462. The quantitative estimate of drug-likeness (QED) is 0.746. The summed E-state index contributed by atoms with van der Waals surface area (Å²) in [6.45, 7) is 11.1. The number of pyridine rings is 1. The lowest BCUT2D eigenvalue weighted by Crippen LogP contribution is -2.20. The zero-order chi connectivity index (χ0) is 11.3. The summed E-state index contributed by atoms with van der Waals surface area (Å²) in [6.07, 6.45) is 3.08. The summed E-state index contributed by atoms with van der Waals surface area (Å²) in [6, 6.07) is 4.47. The Balaban J connectivity index is 2.86. The van der Waals surface area contributed by atoms with Crippen LogP contribution in [0.3, 0.4) is 0 Å². The van der Waals surface area contributed by atoms with Gasteiger partial charge in [0.25, 0.3) is 0 Å². The molecule has 1 heterocycles. The first kappa shape index (κ1) is 11.9. The highest BCUT2D eigenvalue weighted by Gasteiger charge is 2.07. The van der Waals surface area contributed by atoms with Crippen LogP contribution >= 0.6 is 0 Å². The summed E-state index contributed by atoms with van der Waals surface area (Å²) < 4.78 is 0. The molecule has 0 saturated carbocycles. The van der Waals surface area contributed by atoms with Crippen LogP contribution in [-0.2, 0) is 0 Å². The molecule has 1 aromatic rings. The summed E-state index contributed by atoms with van der Waals surface area (Å²) in [4.78, 5) is 4.37. The molecule has 0 bridgehead atoms. The number of hydrogen-bond acceptors (Lipinski definition) is 2. The van der Waals surface area contributed by atoms with Crippen molar-refractivity contribution < 1.29 is 0 Å². The monoisotopic (exact) mass is 204 g/mol. The van der Waals surface area contributed by atoms with Crippen molar-refractivity contribution in [2.75, 3.05) is 6.54 Å². The van der Waals surface area contributed by atoms with E-state index < -0.39 is 0 Å². The molecule has 1 rings (SSSR count). The fourth-order valence-corrected chi connectivity index (χ4v) is 1.68. The Bertz CT molecular complexity index is 311. The van der Waals surface area contributed by atoms with Gasteiger partial charge in [-0.3, -0.25) is 4.98 Å². The summed E-state index contributed by atoms with van der Waals surface area (Å²) in [7, 11) is 0. The normalized spacial score (nSPS) is 12.5. The van der Waals surface area contributed by atoms with E-state index in [1.165, 1.54) is 5.56 Å². The minimum atomic E-state index is 0.241. The second kappa shape index (κ2) is 5.66. The second-order valence-corrected chi connectivity index (χ2v) is 3.85. The Morgan fingerprint density at radius 2 is 2.00 bits per heavy atom. The molecule has 1 atom stereocenters. The first-order valence-electron chi connectivity index (χ1n) is 5.48. The van der Waals surface area contributed by atoms with Crippen molar-refractivity contribution in [2.45, 2.75) is 33.2 Å². The third-order valence-corrected chi connectivity index (χ3v) is 2.31. The largest absolute Gasteiger partial charge is 0.307 e. The molecule has 0 fully saturated rings. The van der Waals surface area contributed by atoms with Gasteiger partial charge in [0, 0.05) is 11.4 Å². The van der Waals surface area contributed by atoms with Crippen molar-refractivity contribution in [3.05, 3.63) is 41.7 Å². The van der Waals surface area contributed by atoms with E-state index in [4.69, 9.17) is 0 Å². The third-order valence-electron chi connectivity index (χ3n) is 2.31. The van der Waals surface area contributed by atoms with Crippen molar-refractivity contribution in [3.63, 3.8) is 0 Å². The third kappa shape index (κ3) is 3.48. The molecule has 0 saturated heterocycles. The van der Waals surface area contributed by atoms with Crippen molar-refractivity contribution >= 4 is 0 Å². The van der Waals surface area contributed by atoms with Crippen LogP contribution in [0.4, 0.5) is 0 Å². The molecule has 0 amide bonds. The van der Waals surface area contributed by atoms with Crippen LogP contribution in [0.5, 0.6) is 0 Å². The molecule has 0 aliphatic rings. The molecule has 0 aliphatic carbocycles. The minimum Gasteiger partial charge on any atom is -0.307 e. The Kier molecular flexibility index (Phi) is 4.50. The standard InChI is InChI=1S/C13H20N2/c1-5-7-14-13(6-2)12-8-10(3)15-11(4)9-12/h6,8-9,13-14H,2,5,7H2,1,3-4H3. The van der Waals surface area contributed by atoms with Gasteiger partial charge in [0.2, 0.25) is 0 Å². The maximum absolute atomic E-state index is 4.37. The van der Waals surface area contributed by atoms with Crippen molar-refractivity contribution in [3.8, 4) is 0 Å². The summed E-state index contributed by atoms with van der Waals surface area (Å²) in [5, 5.41) is 3.44. The van der Waals surface area contributed by atoms with Crippen LogP contribution in [0.2, 0.25) is 0 Å². The van der Waals surface area contributed by atoms with E-state index in [9.17, 15) is 0 Å². The van der Waals surface area contributed by atoms with Crippen LogP contribution in [0.1, 0.15) is 36.3 Å². The number of aryl methyl sites for hydroxylation is 2. The van der Waals surface area contributed by atoms with Crippen molar-refractivity contribution in [1.82, 2.24) is 10.3 Å². The molecule has 0 aliphatic heterocycles. The molecule has 82 valence electrons. The van der Waals surface area contributed by atoms with E-state index in [2.05, 4.69) is 35.9 Å². The predicted molar refractivity (Wildman–Crippen MR) is 64.9 cm³/mol. The van der Waals surface area contributed by atoms with Gasteiger partial charge in [-0.1, -0.05) is 13.0 Å². The Morgan fingerprint density at radius 1 is 1.40 bits per heavy atom. The highest BCUT2D eigenvalue weighted by atomic mass is 14.9. The van der Waals surface area contributed by atoms with Crippen LogP contribution in [0.25, 0.3) is 0 Å². The Hall–Kier alpha value is -1.15. The molecule has 1 aromatic heterocycles. The Labute approximate surface area is 92.4 Å². The molecule has 0 aromatic carbocycles. The van der Waals surface area contributed by atoms with Crippen molar-refractivity contribution in [2.24, 2.45) is 0 Å². The molecule has 2 nitrogen and oxygen atoms in total. The summed E-state index contributed by atoms with van der Waals surface area (Å²) in [5.41, 5.74) is 3.38. The van der Waals surface area contributed by atoms with Crippen LogP contribution < -0.4 is 5.32 Å². The second-order valence-electron chi connectivity index (χ2n) is 3.85. The number of nitrogens with zero attached hydrogens (tertiary/aromatic N) is 1. The molecule has 15 heavy (non-hydrogen) atoms. The van der Waals surface area contributed by atoms with Gasteiger partial charge in [-0.05, 0) is 44.5 Å². The van der Waals surface area contributed by atoms with Gasteiger partial charge >= 0.3 is 0 Å². The van der Waals surface area contributed by atoms with Crippen LogP contribution in [0.15, 0.2) is 24.8 Å². The average Bonchev–Trinajstić information content (AvgIpc) is 2.17. The lowest BCUT2D eigenvalue weighted by molar-refractivity contribution is 0.612. The molecule has 1 unspecified atom stereocenters. The van der Waals surface area contributed by atoms with Crippen LogP contribution in [0, 0.1) is 13.8 Å². The van der Waals surface area contributed by atoms with Gasteiger partial charge in [-0.2, -0.15) is 0 Å². The lowest BCUT2D eigenvalue weighted by Gasteiger charge is -2.15. The number of hydrogen-bond donors (Lipinski definition) is 1. The van der Waals surface area contributed by atoms with E-state index in [0.717, 1.165) is 24.4 Å². The number of rotatable bonds is 5. The van der Waals surface area contributed by atoms with Gasteiger partial charge < -0.3 is 5.32 Å². The first-order valence-corrected chi connectivity index (χ1v) is 5.48. The molecular formula is C13H20N2. The molecule has 2 heteroatoms. The maximum Gasteiger partial charge on any atom is 0.0504 e. The van der Waals surface area contributed by atoms with Crippen LogP contribution in [-0.4, -0.2) is 11.5 Å². The summed E-state index contributed by atoms with van der Waals surface area (Å²) >= 11 is 0. The topological polar surface area (TPSA) is 24.9 Å². The van der Waals surface area contributed by atoms with Gasteiger partial charge in [-0.25, -0.2) is 0 Å². The van der Waals surface area contributed by atoms with Gasteiger partial charge in [0.05, 0.1) is 6.04 Å². The van der Waals surface area contributed by atoms with E-state index in [1.807, 2.05) is 19.9 Å². The lowest BCUT2D eigenvalue weighted by atomic mass is 10.1. The average molecular weight is 204 g/mol. The van der Waals surface area contributed by atoms with Crippen molar-refractivity contribution in [1.29, 1.82) is 0 Å². The Morgan fingerprint density at radius 3 is 2.47 bits per heavy atom. The van der Waals surface area contributed by atoms with E-state index >= 15 is 0 Å². The maximum atomic E-state index is 4.37. The van der Waals surface area contributed by atoms with E-state index in [1.54, 1.807) is 0 Å². The zero-order valence-electron chi connectivity index (χ0n) is 9.88. The zero-order valence-corrected chi connectivity index (χ0v) is 9.88. The van der Waals surface area contributed by atoms with Gasteiger partial charge in [0.15, 0.2) is 0 Å².